The first kappa shape index (κ1) is 14.5. The van der Waals surface area contributed by atoms with E-state index >= 15 is 0 Å². The fraction of sp³-hybridized carbons (Fsp3) is 0.647. The van der Waals surface area contributed by atoms with Crippen LogP contribution in [0.4, 0.5) is 0 Å². The third kappa shape index (κ3) is 4.05. The summed E-state index contributed by atoms with van der Waals surface area (Å²) < 4.78 is 6.09. The number of hydrogen-bond acceptors (Lipinski definition) is 2. The molecule has 2 rings (SSSR count). The van der Waals surface area contributed by atoms with E-state index in [1.807, 2.05) is 37.3 Å². The van der Waals surface area contributed by atoms with E-state index in [1.165, 1.54) is 19.3 Å². The van der Waals surface area contributed by atoms with Gasteiger partial charge in [0.1, 0.15) is 6.10 Å². The Bertz CT molecular complexity index is 363. The van der Waals surface area contributed by atoms with Crippen LogP contribution in [0.1, 0.15) is 57.6 Å². The first-order valence-corrected chi connectivity index (χ1v) is 7.59. The SMILES string of the molecule is CCC1CCCC(OC(C)C(O)c2ccccc2)C1. The topological polar surface area (TPSA) is 29.5 Å². The molecule has 0 aromatic heterocycles. The summed E-state index contributed by atoms with van der Waals surface area (Å²) in [4.78, 5) is 0. The molecule has 1 aromatic rings. The normalized spacial score (nSPS) is 26.9. The third-order valence-electron chi connectivity index (χ3n) is 4.30. The monoisotopic (exact) mass is 262 g/mol. The van der Waals surface area contributed by atoms with Crippen molar-refractivity contribution < 1.29 is 9.84 Å². The van der Waals surface area contributed by atoms with Gasteiger partial charge in [-0.25, -0.2) is 0 Å². The molecule has 0 amide bonds. The molecular formula is C17H26O2. The van der Waals surface area contributed by atoms with Crippen molar-refractivity contribution >= 4 is 0 Å². The molecule has 0 radical (unpaired) electrons. The Labute approximate surface area is 116 Å². The molecule has 1 fully saturated rings. The van der Waals surface area contributed by atoms with Gasteiger partial charge in [-0.1, -0.05) is 56.5 Å². The molecule has 0 spiro atoms. The van der Waals surface area contributed by atoms with Crippen molar-refractivity contribution in [2.24, 2.45) is 5.92 Å². The van der Waals surface area contributed by atoms with Crippen LogP contribution in [0.15, 0.2) is 30.3 Å². The van der Waals surface area contributed by atoms with Gasteiger partial charge in [-0.15, -0.1) is 0 Å². The van der Waals surface area contributed by atoms with Crippen LogP contribution < -0.4 is 0 Å². The molecule has 1 saturated carbocycles. The van der Waals surface area contributed by atoms with Crippen molar-refractivity contribution in [1.82, 2.24) is 0 Å². The Morgan fingerprint density at radius 1 is 1.26 bits per heavy atom. The van der Waals surface area contributed by atoms with E-state index in [1.54, 1.807) is 0 Å². The smallest absolute Gasteiger partial charge is 0.105 e. The summed E-state index contributed by atoms with van der Waals surface area (Å²) in [6.45, 7) is 4.24. The van der Waals surface area contributed by atoms with E-state index in [2.05, 4.69) is 6.92 Å². The first-order chi connectivity index (χ1) is 9.20. The molecule has 4 atom stereocenters. The van der Waals surface area contributed by atoms with E-state index in [0.717, 1.165) is 24.3 Å². The molecule has 1 N–H and O–H groups in total. The van der Waals surface area contributed by atoms with Gasteiger partial charge < -0.3 is 9.84 Å². The largest absolute Gasteiger partial charge is 0.386 e. The number of aliphatic hydroxyl groups is 1. The molecule has 0 aliphatic heterocycles. The maximum Gasteiger partial charge on any atom is 0.105 e. The summed E-state index contributed by atoms with van der Waals surface area (Å²) >= 11 is 0. The maximum atomic E-state index is 10.3. The maximum absolute atomic E-state index is 10.3. The van der Waals surface area contributed by atoms with Crippen molar-refractivity contribution in [3.63, 3.8) is 0 Å². The van der Waals surface area contributed by atoms with Crippen molar-refractivity contribution in [3.05, 3.63) is 35.9 Å². The van der Waals surface area contributed by atoms with Gasteiger partial charge in [-0.2, -0.15) is 0 Å². The summed E-state index contributed by atoms with van der Waals surface area (Å²) in [6.07, 6.45) is 5.81. The fourth-order valence-corrected chi connectivity index (χ4v) is 3.04. The summed E-state index contributed by atoms with van der Waals surface area (Å²) in [7, 11) is 0. The van der Waals surface area contributed by atoms with E-state index in [4.69, 9.17) is 4.74 Å². The minimum atomic E-state index is -0.525. The zero-order valence-corrected chi connectivity index (χ0v) is 12.1. The second kappa shape index (κ2) is 7.06. The highest BCUT2D eigenvalue weighted by Gasteiger charge is 2.25. The van der Waals surface area contributed by atoms with E-state index < -0.39 is 6.10 Å². The van der Waals surface area contributed by atoms with Crippen LogP contribution in [-0.2, 0) is 4.74 Å². The lowest BCUT2D eigenvalue weighted by Gasteiger charge is -2.32. The van der Waals surface area contributed by atoms with Crippen molar-refractivity contribution in [2.45, 2.75) is 64.3 Å². The Kier molecular flexibility index (Phi) is 5.41. The zero-order valence-electron chi connectivity index (χ0n) is 12.1. The summed E-state index contributed by atoms with van der Waals surface area (Å²) in [6, 6.07) is 9.80. The average molecular weight is 262 g/mol. The molecule has 0 saturated heterocycles. The van der Waals surface area contributed by atoms with Crippen LogP contribution in [0.5, 0.6) is 0 Å². The molecule has 1 aliphatic rings. The number of hydrogen-bond donors (Lipinski definition) is 1. The van der Waals surface area contributed by atoms with E-state index in [0.29, 0.717) is 6.10 Å². The van der Waals surface area contributed by atoms with E-state index in [-0.39, 0.29) is 6.10 Å². The minimum Gasteiger partial charge on any atom is -0.386 e. The molecule has 0 heterocycles. The quantitative estimate of drug-likeness (QED) is 0.866. The van der Waals surface area contributed by atoms with Crippen LogP contribution in [0.3, 0.4) is 0 Å². The van der Waals surface area contributed by atoms with Gasteiger partial charge in [0.05, 0.1) is 12.2 Å². The van der Waals surface area contributed by atoms with Crippen LogP contribution in [0, 0.1) is 5.92 Å². The molecule has 4 unspecified atom stereocenters. The predicted octanol–water partition coefficient (Wildman–Crippen LogP) is 4.09. The van der Waals surface area contributed by atoms with Gasteiger partial charge in [0.2, 0.25) is 0 Å². The molecule has 2 nitrogen and oxygen atoms in total. The third-order valence-corrected chi connectivity index (χ3v) is 4.30. The van der Waals surface area contributed by atoms with Gasteiger partial charge in [0.25, 0.3) is 0 Å². The standard InChI is InChI=1S/C17H26O2/c1-3-14-8-7-11-16(12-14)19-13(2)17(18)15-9-5-4-6-10-15/h4-6,9-10,13-14,16-18H,3,7-8,11-12H2,1-2H3. The number of aliphatic hydroxyl groups excluding tert-OH is 1. The Hall–Kier alpha value is -0.860. The summed E-state index contributed by atoms with van der Waals surface area (Å²) in [5.41, 5.74) is 0.942. The molecule has 106 valence electrons. The van der Waals surface area contributed by atoms with Gasteiger partial charge in [-0.3, -0.25) is 0 Å². The Balaban J connectivity index is 1.88. The second-order valence-corrected chi connectivity index (χ2v) is 5.76. The number of rotatable bonds is 5. The van der Waals surface area contributed by atoms with Crippen LogP contribution >= 0.6 is 0 Å². The molecule has 1 aromatic carbocycles. The predicted molar refractivity (Wildman–Crippen MR) is 78.0 cm³/mol. The lowest BCUT2D eigenvalue weighted by atomic mass is 9.85. The van der Waals surface area contributed by atoms with Gasteiger partial charge in [0.15, 0.2) is 0 Å². The minimum absolute atomic E-state index is 0.136. The van der Waals surface area contributed by atoms with Gasteiger partial charge >= 0.3 is 0 Å². The number of benzene rings is 1. The zero-order chi connectivity index (χ0) is 13.7. The second-order valence-electron chi connectivity index (χ2n) is 5.76. The first-order valence-electron chi connectivity index (χ1n) is 7.59. The van der Waals surface area contributed by atoms with Crippen molar-refractivity contribution in [2.75, 3.05) is 0 Å². The van der Waals surface area contributed by atoms with Crippen LogP contribution in [0.25, 0.3) is 0 Å². The highest BCUT2D eigenvalue weighted by Crippen LogP contribution is 2.30. The van der Waals surface area contributed by atoms with Gasteiger partial charge in [-0.05, 0) is 31.2 Å². The Morgan fingerprint density at radius 2 is 2.00 bits per heavy atom. The van der Waals surface area contributed by atoms with Crippen molar-refractivity contribution in [3.8, 4) is 0 Å². The molecule has 2 heteroatoms. The number of ether oxygens (including phenoxy) is 1. The average Bonchev–Trinajstić information content (AvgIpc) is 2.47. The molecular weight excluding hydrogens is 236 g/mol. The molecule has 19 heavy (non-hydrogen) atoms. The van der Waals surface area contributed by atoms with Crippen molar-refractivity contribution in [1.29, 1.82) is 0 Å². The summed E-state index contributed by atoms with van der Waals surface area (Å²) in [5.74, 6) is 0.805. The van der Waals surface area contributed by atoms with E-state index in [9.17, 15) is 5.11 Å². The van der Waals surface area contributed by atoms with Crippen LogP contribution in [-0.4, -0.2) is 17.3 Å². The van der Waals surface area contributed by atoms with Crippen LogP contribution in [0.2, 0.25) is 0 Å². The highest BCUT2D eigenvalue weighted by molar-refractivity contribution is 5.18. The Morgan fingerprint density at radius 3 is 2.68 bits per heavy atom. The highest BCUT2D eigenvalue weighted by atomic mass is 16.5. The molecule has 0 bridgehead atoms. The summed E-state index contributed by atoms with van der Waals surface area (Å²) in [5, 5.41) is 10.3. The van der Waals surface area contributed by atoms with Gasteiger partial charge in [0, 0.05) is 0 Å². The lowest BCUT2D eigenvalue weighted by Crippen LogP contribution is -2.29. The molecule has 1 aliphatic carbocycles. The lowest BCUT2D eigenvalue weighted by molar-refractivity contribution is -0.0860. The fourth-order valence-electron chi connectivity index (χ4n) is 3.04.